The summed E-state index contributed by atoms with van der Waals surface area (Å²) < 4.78 is 5.19. The van der Waals surface area contributed by atoms with Crippen LogP contribution in [0.3, 0.4) is 0 Å². The molecule has 1 fully saturated rings. The predicted molar refractivity (Wildman–Crippen MR) is 78.2 cm³/mol. The standard InChI is InChI=1S/C16H17NO4/c1-16(20)7-4-8-17(10-16)14(18)12-9-11-5-2-3-6-13(11)21-15(12)19/h2-3,5-6,9,20H,4,7-8,10H2,1H3. The molecule has 3 rings (SSSR count). The van der Waals surface area contributed by atoms with Crippen LogP contribution in [0, 0.1) is 0 Å². The molecule has 1 N–H and O–H groups in total. The van der Waals surface area contributed by atoms with Crippen LogP contribution >= 0.6 is 0 Å². The lowest BCUT2D eigenvalue weighted by atomic mass is 9.95. The molecule has 1 atom stereocenters. The first kappa shape index (κ1) is 13.8. The molecular weight excluding hydrogens is 270 g/mol. The van der Waals surface area contributed by atoms with Crippen molar-refractivity contribution < 1.29 is 14.3 Å². The molecule has 1 amide bonds. The molecule has 1 unspecified atom stereocenters. The van der Waals surface area contributed by atoms with Crippen LogP contribution in [-0.2, 0) is 0 Å². The molecule has 110 valence electrons. The average molecular weight is 287 g/mol. The number of amides is 1. The van der Waals surface area contributed by atoms with Crippen LogP contribution in [0.25, 0.3) is 11.0 Å². The highest BCUT2D eigenvalue weighted by Gasteiger charge is 2.32. The fourth-order valence-corrected chi connectivity index (χ4v) is 2.77. The van der Waals surface area contributed by atoms with Crippen molar-refractivity contribution in [1.82, 2.24) is 4.90 Å². The number of fused-ring (bicyclic) bond motifs is 1. The van der Waals surface area contributed by atoms with E-state index in [2.05, 4.69) is 0 Å². The third kappa shape index (κ3) is 2.69. The van der Waals surface area contributed by atoms with E-state index in [1.807, 2.05) is 6.07 Å². The largest absolute Gasteiger partial charge is 0.422 e. The van der Waals surface area contributed by atoms with E-state index in [1.54, 1.807) is 31.2 Å². The van der Waals surface area contributed by atoms with Gasteiger partial charge in [-0.2, -0.15) is 0 Å². The summed E-state index contributed by atoms with van der Waals surface area (Å²) in [6.07, 6.45) is 1.38. The molecule has 2 aromatic rings. The number of piperidine rings is 1. The van der Waals surface area contributed by atoms with Crippen LogP contribution in [0.15, 0.2) is 39.5 Å². The van der Waals surface area contributed by atoms with Gasteiger partial charge in [0, 0.05) is 18.5 Å². The molecule has 1 aromatic carbocycles. The zero-order valence-electron chi connectivity index (χ0n) is 11.8. The topological polar surface area (TPSA) is 70.8 Å². The van der Waals surface area contributed by atoms with Crippen molar-refractivity contribution in [2.45, 2.75) is 25.4 Å². The summed E-state index contributed by atoms with van der Waals surface area (Å²) in [5.74, 6) is -0.380. The lowest BCUT2D eigenvalue weighted by Gasteiger charge is -2.36. The Balaban J connectivity index is 1.98. The maximum Gasteiger partial charge on any atom is 0.349 e. The minimum absolute atomic E-state index is 0.0198. The molecule has 1 saturated heterocycles. The third-order valence-electron chi connectivity index (χ3n) is 3.83. The number of carbonyl (C=O) groups excluding carboxylic acids is 1. The van der Waals surface area contributed by atoms with Gasteiger partial charge in [0.2, 0.25) is 0 Å². The molecule has 0 aliphatic carbocycles. The van der Waals surface area contributed by atoms with Crippen molar-refractivity contribution >= 4 is 16.9 Å². The van der Waals surface area contributed by atoms with Gasteiger partial charge in [-0.1, -0.05) is 18.2 Å². The van der Waals surface area contributed by atoms with Gasteiger partial charge in [0.05, 0.1) is 5.60 Å². The number of para-hydroxylation sites is 1. The highest BCUT2D eigenvalue weighted by atomic mass is 16.4. The van der Waals surface area contributed by atoms with Crippen LogP contribution in [0.5, 0.6) is 0 Å². The highest BCUT2D eigenvalue weighted by molar-refractivity contribution is 5.96. The maximum absolute atomic E-state index is 12.5. The number of nitrogens with zero attached hydrogens (tertiary/aromatic N) is 1. The molecule has 1 aliphatic rings. The van der Waals surface area contributed by atoms with Crippen molar-refractivity contribution in [1.29, 1.82) is 0 Å². The number of rotatable bonds is 1. The van der Waals surface area contributed by atoms with Crippen molar-refractivity contribution in [3.8, 4) is 0 Å². The molecule has 0 radical (unpaired) electrons. The Labute approximate surface area is 121 Å². The fourth-order valence-electron chi connectivity index (χ4n) is 2.77. The van der Waals surface area contributed by atoms with E-state index in [-0.39, 0.29) is 18.0 Å². The number of carbonyl (C=O) groups is 1. The number of benzene rings is 1. The van der Waals surface area contributed by atoms with Crippen LogP contribution in [-0.4, -0.2) is 34.6 Å². The Morgan fingerprint density at radius 3 is 2.90 bits per heavy atom. The first-order chi connectivity index (χ1) is 9.96. The van der Waals surface area contributed by atoms with Crippen LogP contribution in [0.2, 0.25) is 0 Å². The SMILES string of the molecule is CC1(O)CCCN(C(=O)c2cc3ccccc3oc2=O)C1. The fraction of sp³-hybridized carbons (Fsp3) is 0.375. The summed E-state index contributed by atoms with van der Waals surface area (Å²) in [5.41, 5.74) is -1.05. The molecule has 21 heavy (non-hydrogen) atoms. The van der Waals surface area contributed by atoms with Crippen LogP contribution in [0.4, 0.5) is 0 Å². The zero-order valence-corrected chi connectivity index (χ0v) is 11.8. The quantitative estimate of drug-likeness (QED) is 0.812. The van der Waals surface area contributed by atoms with E-state index < -0.39 is 11.2 Å². The monoisotopic (exact) mass is 287 g/mol. The van der Waals surface area contributed by atoms with Gasteiger partial charge in [-0.25, -0.2) is 4.79 Å². The molecule has 2 heterocycles. The molecule has 5 nitrogen and oxygen atoms in total. The van der Waals surface area contributed by atoms with Gasteiger partial charge < -0.3 is 14.4 Å². The third-order valence-corrected chi connectivity index (χ3v) is 3.83. The minimum Gasteiger partial charge on any atom is -0.422 e. The Morgan fingerprint density at radius 1 is 1.38 bits per heavy atom. The Hall–Kier alpha value is -2.14. The summed E-state index contributed by atoms with van der Waals surface area (Å²) in [4.78, 5) is 26.0. The average Bonchev–Trinajstić information content (AvgIpc) is 2.44. The highest BCUT2D eigenvalue weighted by Crippen LogP contribution is 2.22. The number of likely N-dealkylation sites (tertiary alicyclic amines) is 1. The van der Waals surface area contributed by atoms with E-state index in [1.165, 1.54) is 4.90 Å². The molecule has 0 saturated carbocycles. The Morgan fingerprint density at radius 2 is 2.14 bits per heavy atom. The zero-order chi connectivity index (χ0) is 15.0. The van der Waals surface area contributed by atoms with Gasteiger partial charge in [0.15, 0.2) is 0 Å². The summed E-state index contributed by atoms with van der Waals surface area (Å²) in [5, 5.41) is 10.8. The predicted octanol–water partition coefficient (Wildman–Crippen LogP) is 1.78. The number of aliphatic hydroxyl groups is 1. The van der Waals surface area contributed by atoms with E-state index in [0.29, 0.717) is 23.9 Å². The summed E-state index contributed by atoms with van der Waals surface area (Å²) in [6.45, 7) is 2.48. The normalized spacial score (nSPS) is 22.5. The molecule has 1 aromatic heterocycles. The maximum atomic E-state index is 12.5. The first-order valence-electron chi connectivity index (χ1n) is 7.01. The second kappa shape index (κ2) is 5.00. The lowest BCUT2D eigenvalue weighted by Crippen LogP contribution is -2.49. The van der Waals surface area contributed by atoms with Gasteiger partial charge in [0.25, 0.3) is 5.91 Å². The number of hydrogen-bond acceptors (Lipinski definition) is 4. The van der Waals surface area contributed by atoms with E-state index in [4.69, 9.17) is 4.42 Å². The van der Waals surface area contributed by atoms with Crippen molar-refractivity contribution in [2.24, 2.45) is 0 Å². The number of hydrogen-bond donors (Lipinski definition) is 1. The Kier molecular flexibility index (Phi) is 3.29. The molecule has 5 heteroatoms. The number of β-amino-alcohol motifs (C(OH)–C–C–N with tert-alkyl or cyclic N) is 1. The van der Waals surface area contributed by atoms with Gasteiger partial charge >= 0.3 is 5.63 Å². The minimum atomic E-state index is -0.898. The second-order valence-electron chi connectivity index (χ2n) is 5.81. The van der Waals surface area contributed by atoms with Crippen LogP contribution < -0.4 is 5.63 Å². The van der Waals surface area contributed by atoms with Gasteiger partial charge in [-0.3, -0.25) is 4.79 Å². The summed E-state index contributed by atoms with van der Waals surface area (Å²) in [6, 6.07) is 8.64. The first-order valence-corrected chi connectivity index (χ1v) is 7.01. The summed E-state index contributed by atoms with van der Waals surface area (Å²) >= 11 is 0. The van der Waals surface area contributed by atoms with E-state index in [0.717, 1.165) is 6.42 Å². The second-order valence-corrected chi connectivity index (χ2v) is 5.81. The van der Waals surface area contributed by atoms with E-state index >= 15 is 0 Å². The Bertz CT molecular complexity index is 747. The van der Waals surface area contributed by atoms with Gasteiger partial charge in [-0.15, -0.1) is 0 Å². The lowest BCUT2D eigenvalue weighted by molar-refractivity contribution is -0.0108. The van der Waals surface area contributed by atoms with Gasteiger partial charge in [0.1, 0.15) is 11.1 Å². The van der Waals surface area contributed by atoms with Gasteiger partial charge in [-0.05, 0) is 31.9 Å². The van der Waals surface area contributed by atoms with Crippen molar-refractivity contribution in [3.05, 3.63) is 46.3 Å². The molecule has 1 aliphatic heterocycles. The van der Waals surface area contributed by atoms with Crippen LogP contribution in [0.1, 0.15) is 30.1 Å². The summed E-state index contributed by atoms with van der Waals surface area (Å²) in [7, 11) is 0. The van der Waals surface area contributed by atoms with Crippen molar-refractivity contribution in [2.75, 3.05) is 13.1 Å². The smallest absolute Gasteiger partial charge is 0.349 e. The molecule has 0 spiro atoms. The van der Waals surface area contributed by atoms with E-state index in [9.17, 15) is 14.7 Å². The molecule has 0 bridgehead atoms. The van der Waals surface area contributed by atoms with Crippen molar-refractivity contribution in [3.63, 3.8) is 0 Å². The molecular formula is C16H17NO4.